The normalized spacial score (nSPS) is 15.4. The first kappa shape index (κ1) is 13.6. The molecule has 1 aromatic rings. The van der Waals surface area contributed by atoms with Crippen LogP contribution in [0.5, 0.6) is 0 Å². The first-order valence-corrected chi connectivity index (χ1v) is 6.53. The predicted molar refractivity (Wildman–Crippen MR) is 68.9 cm³/mol. The van der Waals surface area contributed by atoms with Gasteiger partial charge in [0.15, 0.2) is 0 Å². The molecule has 0 bridgehead atoms. The molecule has 1 heterocycles. The molecule has 2 atom stereocenters. The van der Waals surface area contributed by atoms with Crippen molar-refractivity contribution in [3.63, 3.8) is 0 Å². The van der Waals surface area contributed by atoms with E-state index in [1.54, 1.807) is 18.4 Å². The smallest absolute Gasteiger partial charge is 0.0897 e. The van der Waals surface area contributed by atoms with Gasteiger partial charge in [0, 0.05) is 30.3 Å². The van der Waals surface area contributed by atoms with E-state index in [4.69, 9.17) is 4.74 Å². The predicted octanol–water partition coefficient (Wildman–Crippen LogP) is 2.77. The molecule has 16 heavy (non-hydrogen) atoms. The van der Waals surface area contributed by atoms with Gasteiger partial charge >= 0.3 is 0 Å². The molecular weight excluding hydrogens is 220 g/mol. The van der Waals surface area contributed by atoms with E-state index in [2.05, 4.69) is 31.1 Å². The van der Waals surface area contributed by atoms with Crippen LogP contribution in [-0.4, -0.2) is 24.7 Å². The van der Waals surface area contributed by atoms with Gasteiger partial charge in [0.05, 0.1) is 11.6 Å². The van der Waals surface area contributed by atoms with E-state index < -0.39 is 0 Å². The van der Waals surface area contributed by atoms with Gasteiger partial charge in [-0.2, -0.15) is 0 Å². The van der Waals surface area contributed by atoms with Crippen LogP contribution in [0.4, 0.5) is 0 Å². The summed E-state index contributed by atoms with van der Waals surface area (Å²) in [5.74, 6) is 0.566. The highest BCUT2D eigenvalue weighted by molar-refractivity contribution is 7.11. The van der Waals surface area contributed by atoms with Gasteiger partial charge in [0.2, 0.25) is 0 Å². The second kappa shape index (κ2) is 6.33. The molecule has 1 N–H and O–H groups in total. The Hall–Kier alpha value is -0.450. The van der Waals surface area contributed by atoms with Crippen LogP contribution in [0.25, 0.3) is 0 Å². The minimum Gasteiger partial charge on any atom is -0.383 e. The monoisotopic (exact) mass is 242 g/mol. The maximum Gasteiger partial charge on any atom is 0.0897 e. The molecule has 0 radical (unpaired) electrons. The minimum atomic E-state index is 0.341. The molecule has 0 aromatic carbocycles. The number of aromatic nitrogens is 1. The lowest BCUT2D eigenvalue weighted by Crippen LogP contribution is -2.39. The third-order valence-electron chi connectivity index (χ3n) is 2.68. The van der Waals surface area contributed by atoms with Gasteiger partial charge in [-0.25, -0.2) is 4.98 Å². The Balaban J connectivity index is 2.57. The topological polar surface area (TPSA) is 34.1 Å². The molecule has 0 aliphatic rings. The Kier molecular flexibility index (Phi) is 5.38. The van der Waals surface area contributed by atoms with Crippen LogP contribution in [0.2, 0.25) is 0 Å². The van der Waals surface area contributed by atoms with Crippen molar-refractivity contribution < 1.29 is 4.74 Å². The molecule has 4 heteroatoms. The van der Waals surface area contributed by atoms with Crippen molar-refractivity contribution in [1.29, 1.82) is 0 Å². The summed E-state index contributed by atoms with van der Waals surface area (Å²) in [6.07, 6.45) is 1.96. The standard InChI is InChI=1S/C12H22N2OS/c1-8(2)11(7-15-5)14-9(3)12-6-13-10(4)16-12/h6,8-9,11,14H,7H2,1-5H3. The molecule has 0 aliphatic carbocycles. The molecule has 0 saturated carbocycles. The fourth-order valence-corrected chi connectivity index (χ4v) is 2.39. The second-order valence-corrected chi connectivity index (χ2v) is 5.74. The number of rotatable bonds is 6. The molecule has 0 amide bonds. The molecule has 92 valence electrons. The third kappa shape index (κ3) is 3.85. The molecular formula is C12H22N2OS. The number of nitrogens with zero attached hydrogens (tertiary/aromatic N) is 1. The lowest BCUT2D eigenvalue weighted by Gasteiger charge is -2.25. The van der Waals surface area contributed by atoms with Gasteiger partial charge in [-0.05, 0) is 19.8 Å². The summed E-state index contributed by atoms with van der Waals surface area (Å²) >= 11 is 1.75. The Bertz CT molecular complexity index is 312. The SMILES string of the molecule is COCC(NC(C)c1cnc(C)s1)C(C)C. The van der Waals surface area contributed by atoms with E-state index in [0.29, 0.717) is 18.0 Å². The van der Waals surface area contributed by atoms with E-state index in [1.165, 1.54) is 4.88 Å². The molecule has 2 unspecified atom stereocenters. The lowest BCUT2D eigenvalue weighted by molar-refractivity contribution is 0.142. The number of thiazole rings is 1. The van der Waals surface area contributed by atoms with Crippen LogP contribution in [0.15, 0.2) is 6.20 Å². The van der Waals surface area contributed by atoms with Crippen LogP contribution in [0.3, 0.4) is 0 Å². The molecule has 1 rings (SSSR count). The van der Waals surface area contributed by atoms with Crippen LogP contribution in [0, 0.1) is 12.8 Å². The van der Waals surface area contributed by atoms with Crippen molar-refractivity contribution in [1.82, 2.24) is 10.3 Å². The van der Waals surface area contributed by atoms with E-state index in [-0.39, 0.29) is 0 Å². The highest BCUT2D eigenvalue weighted by atomic mass is 32.1. The quantitative estimate of drug-likeness (QED) is 0.833. The van der Waals surface area contributed by atoms with Crippen LogP contribution in [-0.2, 0) is 4.74 Å². The Morgan fingerprint density at radius 1 is 1.44 bits per heavy atom. The van der Waals surface area contributed by atoms with Gasteiger partial charge in [-0.15, -0.1) is 11.3 Å². The lowest BCUT2D eigenvalue weighted by atomic mass is 10.0. The Morgan fingerprint density at radius 3 is 2.56 bits per heavy atom. The number of ether oxygens (including phenoxy) is 1. The summed E-state index contributed by atoms with van der Waals surface area (Å²) in [6, 6.07) is 0.733. The summed E-state index contributed by atoms with van der Waals surface area (Å²) in [4.78, 5) is 5.57. The zero-order chi connectivity index (χ0) is 12.1. The van der Waals surface area contributed by atoms with Crippen molar-refractivity contribution in [2.24, 2.45) is 5.92 Å². The van der Waals surface area contributed by atoms with Crippen molar-refractivity contribution in [3.05, 3.63) is 16.1 Å². The van der Waals surface area contributed by atoms with Crippen molar-refractivity contribution >= 4 is 11.3 Å². The van der Waals surface area contributed by atoms with Crippen molar-refractivity contribution in [3.8, 4) is 0 Å². The van der Waals surface area contributed by atoms with Crippen molar-refractivity contribution in [2.75, 3.05) is 13.7 Å². The van der Waals surface area contributed by atoms with Crippen LogP contribution in [0.1, 0.15) is 36.7 Å². The van der Waals surface area contributed by atoms with Gasteiger partial charge in [0.1, 0.15) is 0 Å². The summed E-state index contributed by atoms with van der Waals surface area (Å²) in [5.41, 5.74) is 0. The largest absolute Gasteiger partial charge is 0.383 e. The second-order valence-electron chi connectivity index (χ2n) is 4.48. The summed E-state index contributed by atoms with van der Waals surface area (Å²) in [5, 5.41) is 4.71. The van der Waals surface area contributed by atoms with Gasteiger partial charge in [0.25, 0.3) is 0 Å². The number of nitrogens with one attached hydrogen (secondary N) is 1. The van der Waals surface area contributed by atoms with Crippen LogP contribution >= 0.6 is 11.3 Å². The number of methoxy groups -OCH3 is 1. The first-order valence-electron chi connectivity index (χ1n) is 5.72. The molecule has 0 spiro atoms. The molecule has 0 saturated heterocycles. The fraction of sp³-hybridized carbons (Fsp3) is 0.750. The maximum absolute atomic E-state index is 5.23. The maximum atomic E-state index is 5.23. The highest BCUT2D eigenvalue weighted by Gasteiger charge is 2.17. The molecule has 0 aliphatic heterocycles. The number of hydrogen-bond acceptors (Lipinski definition) is 4. The third-order valence-corrected chi connectivity index (χ3v) is 3.78. The average Bonchev–Trinajstić information content (AvgIpc) is 2.64. The zero-order valence-electron chi connectivity index (χ0n) is 10.8. The van der Waals surface area contributed by atoms with Gasteiger partial charge in [-0.1, -0.05) is 13.8 Å². The number of aryl methyl sites for hydroxylation is 1. The van der Waals surface area contributed by atoms with E-state index >= 15 is 0 Å². The summed E-state index contributed by atoms with van der Waals surface area (Å²) in [6.45, 7) is 9.39. The first-order chi connectivity index (χ1) is 7.54. The summed E-state index contributed by atoms with van der Waals surface area (Å²) in [7, 11) is 1.75. The Labute approximate surface area is 102 Å². The minimum absolute atomic E-state index is 0.341. The molecule has 1 aromatic heterocycles. The van der Waals surface area contributed by atoms with E-state index in [9.17, 15) is 0 Å². The van der Waals surface area contributed by atoms with E-state index in [0.717, 1.165) is 11.6 Å². The molecule has 0 fully saturated rings. The number of hydrogen-bond donors (Lipinski definition) is 1. The van der Waals surface area contributed by atoms with Gasteiger partial charge < -0.3 is 10.1 Å². The Morgan fingerprint density at radius 2 is 2.12 bits per heavy atom. The fourth-order valence-electron chi connectivity index (χ4n) is 1.59. The summed E-state index contributed by atoms with van der Waals surface area (Å²) < 4.78 is 5.23. The highest BCUT2D eigenvalue weighted by Crippen LogP contribution is 2.21. The van der Waals surface area contributed by atoms with Gasteiger partial charge in [-0.3, -0.25) is 0 Å². The van der Waals surface area contributed by atoms with Crippen molar-refractivity contribution in [2.45, 2.75) is 39.8 Å². The molecule has 3 nitrogen and oxygen atoms in total. The van der Waals surface area contributed by atoms with E-state index in [1.807, 2.05) is 13.1 Å². The van der Waals surface area contributed by atoms with Crippen LogP contribution < -0.4 is 5.32 Å². The zero-order valence-corrected chi connectivity index (χ0v) is 11.6. The average molecular weight is 242 g/mol.